The fourth-order valence-electron chi connectivity index (χ4n) is 0.139. The second kappa shape index (κ2) is 13.8. The van der Waals surface area contributed by atoms with Crippen molar-refractivity contribution in [2.75, 3.05) is 0 Å². The van der Waals surface area contributed by atoms with Crippen LogP contribution < -0.4 is 0 Å². The molecule has 11 nitrogen and oxygen atoms in total. The third-order valence-corrected chi connectivity index (χ3v) is 1.91. The molecular formula is H13Ca3O11P3. The van der Waals surface area contributed by atoms with Gasteiger partial charge in [0.1, 0.15) is 0 Å². The summed E-state index contributed by atoms with van der Waals surface area (Å²) in [5, 5.41) is 0. The molecule has 0 rings (SSSR count). The van der Waals surface area contributed by atoms with Crippen molar-refractivity contribution in [2.45, 2.75) is 0 Å². The molecule has 0 aliphatic heterocycles. The van der Waals surface area contributed by atoms with Crippen LogP contribution >= 0.6 is 23.5 Å². The summed E-state index contributed by atoms with van der Waals surface area (Å²) in [5.74, 6) is 0. The van der Waals surface area contributed by atoms with Gasteiger partial charge in [-0.3, -0.25) is 0 Å². The van der Waals surface area contributed by atoms with Gasteiger partial charge in [-0.15, -0.1) is 0 Å². The van der Waals surface area contributed by atoms with Crippen molar-refractivity contribution in [3.8, 4) is 0 Å². The van der Waals surface area contributed by atoms with Crippen molar-refractivity contribution in [3.05, 3.63) is 0 Å². The topological polar surface area (TPSA) is 202 Å². The van der Waals surface area contributed by atoms with E-state index in [1.807, 2.05) is 0 Å². The van der Waals surface area contributed by atoms with Crippen LogP contribution in [0.5, 0.6) is 0 Å². The summed E-state index contributed by atoms with van der Waals surface area (Å²) >= 11 is 0. The van der Waals surface area contributed by atoms with Gasteiger partial charge >= 0.3 is 137 Å². The molecule has 0 spiro atoms. The van der Waals surface area contributed by atoms with Crippen LogP contribution in [-0.2, 0) is 18.0 Å². The first-order valence-electron chi connectivity index (χ1n) is 2.31. The van der Waals surface area contributed by atoms with Crippen LogP contribution in [0.15, 0.2) is 0 Å². The van der Waals surface area contributed by atoms with E-state index in [9.17, 15) is 9.13 Å². The molecular weight excluding hydrogens is 389 g/mol. The van der Waals surface area contributed by atoms with Crippen LogP contribution in [0.25, 0.3) is 0 Å². The number of hydrogen-bond acceptors (Lipinski definition) is 4. The quantitative estimate of drug-likeness (QED) is 0.195. The maximum Gasteiger partial charge on any atom is 2.00 e. The van der Waals surface area contributed by atoms with E-state index in [1.165, 1.54) is 0 Å². The zero-order valence-electron chi connectivity index (χ0n) is 14.2. The maximum atomic E-state index is 9.63. The molecule has 17 heteroatoms. The monoisotopic (exact) mass is 402 g/mol. The molecule has 0 heterocycles. The van der Waals surface area contributed by atoms with Gasteiger partial charge in [-0.1, -0.05) is 0 Å². The molecule has 0 radical (unpaired) electrons. The Morgan fingerprint density at radius 2 is 0.765 bits per heavy atom. The van der Waals surface area contributed by atoms with E-state index in [0.29, 0.717) is 0 Å². The molecule has 0 aliphatic carbocycles. The van der Waals surface area contributed by atoms with Gasteiger partial charge in [0.15, 0.2) is 0 Å². The van der Waals surface area contributed by atoms with Gasteiger partial charge in [-0.2, -0.15) is 4.31 Å². The molecule has 0 fully saturated rings. The van der Waals surface area contributed by atoms with Gasteiger partial charge in [0.25, 0.3) is 0 Å². The summed E-state index contributed by atoms with van der Waals surface area (Å²) in [6.45, 7) is 0. The van der Waals surface area contributed by atoms with Crippen LogP contribution in [0.3, 0.4) is 0 Å². The molecule has 0 bridgehead atoms. The number of phosphoric acid groups is 3. The molecule has 0 aromatic heterocycles. The molecule has 17 heavy (non-hydrogen) atoms. The largest absolute Gasteiger partial charge is 2.00 e. The fraction of sp³-hybridized carbons (Fsp3) is 0. The van der Waals surface area contributed by atoms with Crippen LogP contribution in [0, 0.1) is 0 Å². The minimum absolute atomic E-state index is 0. The molecule has 0 atom stereocenters. The smallest absolute Gasteiger partial charge is 1.00 e. The normalized spacial score (nSPS) is 10.8. The Kier molecular flexibility index (Phi) is 26.7. The van der Waals surface area contributed by atoms with Gasteiger partial charge in [0.2, 0.25) is 0 Å². The number of hydrogen-bond donors (Lipinski definition) is 7. The van der Waals surface area contributed by atoms with Crippen molar-refractivity contribution in [3.63, 3.8) is 0 Å². The van der Waals surface area contributed by atoms with E-state index in [4.69, 9.17) is 38.8 Å². The Morgan fingerprint density at radius 3 is 0.765 bits per heavy atom. The standard InChI is InChI=1S/3Ca.H4O7P2.H3O4P.6H/c;;;1-8(2,3)7-9(4,5)6;1-5(2,3)4;;;;;;/h;;;(H2,1,2,3)(H2,4,5,6);(H3,1,2,3,4);;;;;;/q3*+2;;;6*-1. The van der Waals surface area contributed by atoms with E-state index < -0.39 is 23.5 Å². The van der Waals surface area contributed by atoms with E-state index in [-0.39, 0.29) is 122 Å². The summed E-state index contributed by atoms with van der Waals surface area (Å²) in [6.07, 6.45) is 0. The van der Waals surface area contributed by atoms with Gasteiger partial charge in [0, 0.05) is 0 Å². The number of rotatable bonds is 2. The predicted octanol–water partition coefficient (Wildman–Crippen LogP) is -2.21. The molecule has 7 N–H and O–H groups in total. The summed E-state index contributed by atoms with van der Waals surface area (Å²) < 4.78 is 31.1. The van der Waals surface area contributed by atoms with Crippen molar-refractivity contribution in [2.24, 2.45) is 0 Å². The average Bonchev–Trinajstić information content (AvgIpc) is 1.42. The minimum atomic E-state index is -5.05. The first-order chi connectivity index (χ1) is 5.71. The Bertz CT molecular complexity index is 284. The van der Waals surface area contributed by atoms with Gasteiger partial charge < -0.3 is 42.8 Å². The third-order valence-electron chi connectivity index (χ3n) is 0.213. The maximum absolute atomic E-state index is 9.63. The van der Waals surface area contributed by atoms with E-state index in [1.54, 1.807) is 0 Å². The Labute approximate surface area is 194 Å². The van der Waals surface area contributed by atoms with E-state index >= 15 is 0 Å². The Balaban J connectivity index is -0.0000000106. The SMILES string of the molecule is O=P(O)(O)O.O=P(O)(O)OP(=O)(O)O.[Ca+2].[Ca+2].[Ca+2].[H-].[H-].[H-].[H-].[H-].[H-]. The van der Waals surface area contributed by atoms with Crippen LogP contribution in [-0.4, -0.2) is 147 Å². The van der Waals surface area contributed by atoms with Gasteiger partial charge in [0.05, 0.1) is 0 Å². The molecule has 0 aromatic carbocycles. The van der Waals surface area contributed by atoms with Crippen molar-refractivity contribution in [1.29, 1.82) is 0 Å². The zero-order chi connectivity index (χ0) is 12.2. The van der Waals surface area contributed by atoms with Crippen LogP contribution in [0.1, 0.15) is 8.56 Å². The third kappa shape index (κ3) is 64.4. The molecule has 0 saturated heterocycles. The molecule has 0 aliphatic rings. The van der Waals surface area contributed by atoms with E-state index in [0.717, 1.165) is 0 Å². The molecule has 0 saturated carbocycles. The molecule has 0 amide bonds. The summed E-state index contributed by atoms with van der Waals surface area (Å²) in [4.78, 5) is 52.6. The molecule has 0 unspecified atom stereocenters. The Hall–Kier alpha value is 4.15. The first-order valence-corrected chi connectivity index (χ1v) is 6.94. The van der Waals surface area contributed by atoms with Crippen molar-refractivity contribution >= 4 is 137 Å². The van der Waals surface area contributed by atoms with E-state index in [2.05, 4.69) is 4.31 Å². The molecule has 100 valence electrons. The van der Waals surface area contributed by atoms with Crippen molar-refractivity contribution < 1.29 is 60.8 Å². The first kappa shape index (κ1) is 32.9. The second-order valence-corrected chi connectivity index (χ2v) is 5.22. The van der Waals surface area contributed by atoms with Crippen LogP contribution in [0.4, 0.5) is 0 Å². The summed E-state index contributed by atoms with van der Waals surface area (Å²) in [6, 6.07) is 0. The zero-order valence-corrected chi connectivity index (χ0v) is 17.5. The fourth-order valence-corrected chi connectivity index (χ4v) is 1.25. The second-order valence-electron chi connectivity index (χ2n) is 1.58. The minimum Gasteiger partial charge on any atom is -1.00 e. The summed E-state index contributed by atoms with van der Waals surface area (Å²) in [5.41, 5.74) is 0. The predicted molar refractivity (Wildman–Crippen MR) is 63.4 cm³/mol. The van der Waals surface area contributed by atoms with Gasteiger partial charge in [-0.05, 0) is 0 Å². The van der Waals surface area contributed by atoms with Gasteiger partial charge in [-0.25, -0.2) is 13.7 Å². The Morgan fingerprint density at radius 1 is 0.647 bits per heavy atom. The van der Waals surface area contributed by atoms with Crippen molar-refractivity contribution in [1.82, 2.24) is 0 Å². The molecule has 0 aromatic rings. The van der Waals surface area contributed by atoms with Crippen LogP contribution in [0.2, 0.25) is 0 Å². The summed E-state index contributed by atoms with van der Waals surface area (Å²) in [7, 11) is -14.7. The average molecular weight is 402 g/mol.